The van der Waals surface area contributed by atoms with Crippen LogP contribution in [0.1, 0.15) is 66.7 Å². The van der Waals surface area contributed by atoms with E-state index in [1.165, 1.54) is 25.7 Å². The molecule has 1 unspecified atom stereocenters. The van der Waals surface area contributed by atoms with Crippen molar-refractivity contribution in [3.05, 3.63) is 0 Å². The first-order valence-electron chi connectivity index (χ1n) is 7.77. The van der Waals surface area contributed by atoms with E-state index in [0.29, 0.717) is 18.4 Å². The van der Waals surface area contributed by atoms with E-state index in [1.54, 1.807) is 0 Å². The molecule has 112 valence electrons. The van der Waals surface area contributed by atoms with E-state index >= 15 is 0 Å². The Morgan fingerprint density at radius 1 is 1.26 bits per heavy atom. The molecule has 0 aliphatic heterocycles. The molecule has 1 atom stereocenters. The van der Waals surface area contributed by atoms with Gasteiger partial charge >= 0.3 is 0 Å². The van der Waals surface area contributed by atoms with Crippen molar-refractivity contribution in [2.45, 2.75) is 78.8 Å². The van der Waals surface area contributed by atoms with Gasteiger partial charge in [0.05, 0.1) is 0 Å². The first kappa shape index (κ1) is 16.5. The van der Waals surface area contributed by atoms with Crippen molar-refractivity contribution in [2.75, 3.05) is 6.54 Å². The van der Waals surface area contributed by atoms with E-state index in [1.807, 2.05) is 0 Å². The minimum atomic E-state index is -0.0592. The number of hydrogen-bond donors (Lipinski definition) is 1. The van der Waals surface area contributed by atoms with Gasteiger partial charge in [0, 0.05) is 25.0 Å². The second-order valence-electron chi connectivity index (χ2n) is 7.55. The van der Waals surface area contributed by atoms with E-state index < -0.39 is 0 Å². The standard InChI is InChI=1S/C16H32N2O/c1-12(2)11-18(13-8-6-7-9-13)15(19)10-14(17)16(3,4)5/h12-14H,6-11,17H2,1-5H3. The Labute approximate surface area is 118 Å². The SMILES string of the molecule is CC(C)CN(C(=O)CC(N)C(C)(C)C)C1CCCC1. The summed E-state index contributed by atoms with van der Waals surface area (Å²) in [4.78, 5) is 14.7. The number of carbonyl (C=O) groups is 1. The highest BCUT2D eigenvalue weighted by atomic mass is 16.2. The molecule has 0 saturated heterocycles. The second-order valence-corrected chi connectivity index (χ2v) is 7.55. The van der Waals surface area contributed by atoms with Gasteiger partial charge in [0.2, 0.25) is 5.91 Å². The quantitative estimate of drug-likeness (QED) is 0.832. The average Bonchev–Trinajstić information content (AvgIpc) is 2.77. The summed E-state index contributed by atoms with van der Waals surface area (Å²) in [7, 11) is 0. The normalized spacial score (nSPS) is 18.9. The van der Waals surface area contributed by atoms with Gasteiger partial charge in [0.15, 0.2) is 0 Å². The monoisotopic (exact) mass is 268 g/mol. The molecule has 0 heterocycles. The maximum absolute atomic E-state index is 12.6. The summed E-state index contributed by atoms with van der Waals surface area (Å²) in [5.74, 6) is 0.776. The Balaban J connectivity index is 2.66. The van der Waals surface area contributed by atoms with E-state index in [4.69, 9.17) is 5.73 Å². The highest BCUT2D eigenvalue weighted by molar-refractivity contribution is 5.77. The van der Waals surface area contributed by atoms with E-state index in [0.717, 1.165) is 6.54 Å². The summed E-state index contributed by atoms with van der Waals surface area (Å²) >= 11 is 0. The van der Waals surface area contributed by atoms with E-state index in [2.05, 4.69) is 39.5 Å². The van der Waals surface area contributed by atoms with Crippen molar-refractivity contribution < 1.29 is 4.79 Å². The maximum atomic E-state index is 12.6. The molecule has 1 aliphatic carbocycles. The molecule has 0 aromatic carbocycles. The van der Waals surface area contributed by atoms with Crippen LogP contribution in [0.15, 0.2) is 0 Å². The lowest BCUT2D eigenvalue weighted by Gasteiger charge is -2.34. The van der Waals surface area contributed by atoms with Crippen molar-refractivity contribution in [1.82, 2.24) is 4.90 Å². The van der Waals surface area contributed by atoms with Crippen LogP contribution in [-0.4, -0.2) is 29.4 Å². The Bertz CT molecular complexity index is 288. The highest BCUT2D eigenvalue weighted by Crippen LogP contribution is 2.26. The fourth-order valence-corrected chi connectivity index (χ4v) is 2.68. The minimum absolute atomic E-state index is 0.00512. The molecule has 2 N–H and O–H groups in total. The smallest absolute Gasteiger partial charge is 0.224 e. The maximum Gasteiger partial charge on any atom is 0.224 e. The van der Waals surface area contributed by atoms with Gasteiger partial charge in [-0.3, -0.25) is 4.79 Å². The van der Waals surface area contributed by atoms with Crippen LogP contribution in [-0.2, 0) is 4.79 Å². The first-order chi connectivity index (χ1) is 8.71. The summed E-state index contributed by atoms with van der Waals surface area (Å²) in [5.41, 5.74) is 6.17. The second kappa shape index (κ2) is 6.74. The van der Waals surface area contributed by atoms with Crippen LogP contribution < -0.4 is 5.73 Å². The lowest BCUT2D eigenvalue weighted by atomic mass is 9.85. The topological polar surface area (TPSA) is 46.3 Å². The predicted octanol–water partition coefficient (Wildman–Crippen LogP) is 3.18. The fraction of sp³-hybridized carbons (Fsp3) is 0.938. The lowest BCUT2D eigenvalue weighted by molar-refractivity contribution is -0.135. The average molecular weight is 268 g/mol. The Kier molecular flexibility index (Phi) is 5.84. The first-order valence-corrected chi connectivity index (χ1v) is 7.77. The third kappa shape index (κ3) is 5.13. The van der Waals surface area contributed by atoms with E-state index in [-0.39, 0.29) is 17.4 Å². The molecule has 0 radical (unpaired) electrons. The molecule has 1 rings (SSSR count). The van der Waals surface area contributed by atoms with Gasteiger partial charge in [-0.15, -0.1) is 0 Å². The summed E-state index contributed by atoms with van der Waals surface area (Å²) in [5, 5.41) is 0. The Morgan fingerprint density at radius 2 is 1.79 bits per heavy atom. The number of carbonyl (C=O) groups excluding carboxylic acids is 1. The van der Waals surface area contributed by atoms with Crippen molar-refractivity contribution in [2.24, 2.45) is 17.1 Å². The third-order valence-electron chi connectivity index (χ3n) is 4.15. The van der Waals surface area contributed by atoms with Crippen LogP contribution in [0.5, 0.6) is 0 Å². The van der Waals surface area contributed by atoms with Gasteiger partial charge in [-0.05, 0) is 24.2 Å². The molecule has 1 aliphatic rings. The Morgan fingerprint density at radius 3 is 2.21 bits per heavy atom. The number of rotatable bonds is 5. The zero-order valence-corrected chi connectivity index (χ0v) is 13.4. The summed E-state index contributed by atoms with van der Waals surface area (Å²) in [6.45, 7) is 11.5. The molecule has 3 heteroatoms. The lowest BCUT2D eigenvalue weighted by Crippen LogP contribution is -2.46. The van der Waals surface area contributed by atoms with Gasteiger partial charge in [0.25, 0.3) is 0 Å². The van der Waals surface area contributed by atoms with E-state index in [9.17, 15) is 4.79 Å². The van der Waals surface area contributed by atoms with Crippen LogP contribution in [0.4, 0.5) is 0 Å². The molecule has 1 fully saturated rings. The molecular formula is C16H32N2O. The van der Waals surface area contributed by atoms with Crippen LogP contribution in [0, 0.1) is 11.3 Å². The molecule has 1 amide bonds. The van der Waals surface area contributed by atoms with Crippen molar-refractivity contribution in [1.29, 1.82) is 0 Å². The molecule has 0 spiro atoms. The van der Waals surface area contributed by atoms with Gasteiger partial charge in [-0.1, -0.05) is 47.5 Å². The van der Waals surface area contributed by atoms with Crippen LogP contribution in [0.3, 0.4) is 0 Å². The zero-order valence-electron chi connectivity index (χ0n) is 13.4. The van der Waals surface area contributed by atoms with Gasteiger partial charge in [-0.25, -0.2) is 0 Å². The summed E-state index contributed by atoms with van der Waals surface area (Å²) < 4.78 is 0. The molecular weight excluding hydrogens is 236 g/mol. The predicted molar refractivity (Wildman–Crippen MR) is 80.9 cm³/mol. The molecule has 0 aromatic rings. The minimum Gasteiger partial charge on any atom is -0.339 e. The van der Waals surface area contributed by atoms with Gasteiger partial charge in [-0.2, -0.15) is 0 Å². The Hall–Kier alpha value is -0.570. The third-order valence-corrected chi connectivity index (χ3v) is 4.15. The molecule has 19 heavy (non-hydrogen) atoms. The van der Waals surface area contributed by atoms with Crippen LogP contribution in [0.2, 0.25) is 0 Å². The largest absolute Gasteiger partial charge is 0.339 e. The highest BCUT2D eigenvalue weighted by Gasteiger charge is 2.30. The summed E-state index contributed by atoms with van der Waals surface area (Å²) in [6, 6.07) is 0.401. The van der Waals surface area contributed by atoms with Crippen molar-refractivity contribution >= 4 is 5.91 Å². The molecule has 1 saturated carbocycles. The number of amides is 1. The molecule has 3 nitrogen and oxygen atoms in total. The summed E-state index contributed by atoms with van der Waals surface area (Å²) in [6.07, 6.45) is 5.34. The molecule has 0 bridgehead atoms. The van der Waals surface area contributed by atoms with Gasteiger partial charge < -0.3 is 10.6 Å². The number of hydrogen-bond acceptors (Lipinski definition) is 2. The number of nitrogens with two attached hydrogens (primary N) is 1. The number of nitrogens with zero attached hydrogens (tertiary/aromatic N) is 1. The fourth-order valence-electron chi connectivity index (χ4n) is 2.68. The zero-order chi connectivity index (χ0) is 14.6. The van der Waals surface area contributed by atoms with Crippen molar-refractivity contribution in [3.63, 3.8) is 0 Å². The van der Waals surface area contributed by atoms with Crippen LogP contribution >= 0.6 is 0 Å². The van der Waals surface area contributed by atoms with Gasteiger partial charge in [0.1, 0.15) is 0 Å². The molecule has 0 aromatic heterocycles. The van der Waals surface area contributed by atoms with Crippen LogP contribution in [0.25, 0.3) is 0 Å². The van der Waals surface area contributed by atoms with Crippen molar-refractivity contribution in [3.8, 4) is 0 Å².